The molecule has 3 N–H and O–H groups in total. The number of nitrogens with one attached hydrogen (secondary N) is 2. The van der Waals surface area contributed by atoms with Crippen LogP contribution in [0, 0.1) is 5.92 Å². The summed E-state index contributed by atoms with van der Waals surface area (Å²) in [7, 11) is 3.12. The van der Waals surface area contributed by atoms with Crippen LogP contribution in [0.5, 0.6) is 11.5 Å². The first kappa shape index (κ1) is 17.9. The van der Waals surface area contributed by atoms with Crippen LogP contribution < -0.4 is 20.1 Å². The first-order valence-electron chi connectivity index (χ1n) is 8.02. The van der Waals surface area contributed by atoms with Gasteiger partial charge in [0.25, 0.3) is 0 Å². The Hall–Kier alpha value is -2.44. The van der Waals surface area contributed by atoms with Crippen molar-refractivity contribution in [2.24, 2.45) is 5.92 Å². The van der Waals surface area contributed by atoms with Crippen LogP contribution in [0.4, 0.5) is 4.79 Å². The van der Waals surface area contributed by atoms with Crippen LogP contribution in [0.3, 0.4) is 0 Å². The maximum Gasteiger partial charge on any atom is 0.315 e. The number of carbonyl (C=O) groups is 2. The van der Waals surface area contributed by atoms with Gasteiger partial charge >= 0.3 is 12.0 Å². The summed E-state index contributed by atoms with van der Waals surface area (Å²) in [4.78, 5) is 23.0. The normalized spacial score (nSPS) is 20.1. The molecule has 0 spiro atoms. The molecule has 1 fully saturated rings. The van der Waals surface area contributed by atoms with E-state index in [0.717, 1.165) is 5.56 Å². The number of aliphatic carboxylic acids is 1. The molecule has 1 aliphatic rings. The molecule has 0 heterocycles. The van der Waals surface area contributed by atoms with Crippen molar-refractivity contribution in [1.29, 1.82) is 0 Å². The molecule has 1 aromatic rings. The number of hydrogen-bond donors (Lipinski definition) is 3. The minimum atomic E-state index is -0.747. The van der Waals surface area contributed by atoms with Gasteiger partial charge in [-0.2, -0.15) is 0 Å². The van der Waals surface area contributed by atoms with Gasteiger partial charge in [0, 0.05) is 18.2 Å². The lowest BCUT2D eigenvalue weighted by Gasteiger charge is -2.26. The van der Waals surface area contributed by atoms with Crippen LogP contribution in [-0.4, -0.2) is 37.4 Å². The van der Waals surface area contributed by atoms with Gasteiger partial charge in [-0.05, 0) is 31.7 Å². The number of methoxy groups -OCH3 is 2. The Bertz CT molecular complexity index is 582. The average Bonchev–Trinajstić information content (AvgIpc) is 2.59. The molecule has 0 radical (unpaired) electrons. The molecule has 1 saturated carbocycles. The Labute approximate surface area is 141 Å². The topological polar surface area (TPSA) is 96.9 Å². The number of carboxylic acid groups (broad SMARTS) is 1. The van der Waals surface area contributed by atoms with Gasteiger partial charge in [-0.1, -0.05) is 12.1 Å². The molecule has 1 aromatic carbocycles. The molecular formula is C17H24N2O5. The van der Waals surface area contributed by atoms with Crippen LogP contribution in [0.2, 0.25) is 0 Å². The van der Waals surface area contributed by atoms with E-state index in [2.05, 4.69) is 10.6 Å². The van der Waals surface area contributed by atoms with Crippen molar-refractivity contribution in [1.82, 2.24) is 10.6 Å². The van der Waals surface area contributed by atoms with E-state index < -0.39 is 5.97 Å². The second-order valence-electron chi connectivity index (χ2n) is 5.87. The maximum atomic E-state index is 12.0. The summed E-state index contributed by atoms with van der Waals surface area (Å²) in [6, 6.07) is 5.25. The molecule has 0 atom stereocenters. The van der Waals surface area contributed by atoms with Crippen LogP contribution in [-0.2, 0) is 11.3 Å². The van der Waals surface area contributed by atoms with E-state index in [4.69, 9.17) is 14.6 Å². The van der Waals surface area contributed by atoms with E-state index in [-0.39, 0.29) is 18.0 Å². The highest BCUT2D eigenvalue weighted by atomic mass is 16.5. The number of benzene rings is 1. The van der Waals surface area contributed by atoms with Gasteiger partial charge < -0.3 is 25.2 Å². The monoisotopic (exact) mass is 336 g/mol. The summed E-state index contributed by atoms with van der Waals surface area (Å²) in [5, 5.41) is 14.7. The standard InChI is InChI=1S/C17H24N2O5/c1-23-14-5-3-4-12(15(14)24-2)10-18-17(22)19-13-8-6-11(7-9-13)16(20)21/h3-5,11,13H,6-10H2,1-2H3,(H,20,21)(H2,18,19,22). The molecule has 0 aliphatic heterocycles. The number of amides is 2. The smallest absolute Gasteiger partial charge is 0.315 e. The fourth-order valence-corrected chi connectivity index (χ4v) is 2.99. The lowest BCUT2D eigenvalue weighted by molar-refractivity contribution is -0.142. The molecule has 0 unspecified atom stereocenters. The van der Waals surface area contributed by atoms with Crippen LogP contribution >= 0.6 is 0 Å². The highest BCUT2D eigenvalue weighted by Gasteiger charge is 2.26. The summed E-state index contributed by atoms with van der Waals surface area (Å²) in [5.74, 6) is 0.182. The molecular weight excluding hydrogens is 312 g/mol. The quantitative estimate of drug-likeness (QED) is 0.739. The lowest BCUT2D eigenvalue weighted by atomic mass is 9.86. The minimum Gasteiger partial charge on any atom is -0.493 e. The highest BCUT2D eigenvalue weighted by molar-refractivity contribution is 5.74. The Kier molecular flexibility index (Phi) is 6.28. The third kappa shape index (κ3) is 4.53. The largest absolute Gasteiger partial charge is 0.493 e. The zero-order valence-corrected chi connectivity index (χ0v) is 14.0. The molecule has 24 heavy (non-hydrogen) atoms. The number of urea groups is 1. The molecule has 132 valence electrons. The summed E-state index contributed by atoms with van der Waals surface area (Å²) in [6.07, 6.45) is 2.58. The molecule has 0 aromatic heterocycles. The SMILES string of the molecule is COc1cccc(CNC(=O)NC2CCC(C(=O)O)CC2)c1OC. The summed E-state index contributed by atoms with van der Waals surface area (Å²) in [6.45, 7) is 0.316. The second kappa shape index (κ2) is 8.42. The average molecular weight is 336 g/mol. The van der Waals surface area contributed by atoms with Gasteiger partial charge in [0.2, 0.25) is 0 Å². The highest BCUT2D eigenvalue weighted by Crippen LogP contribution is 2.30. The summed E-state index contributed by atoms with van der Waals surface area (Å²) in [5.41, 5.74) is 0.821. The Morgan fingerprint density at radius 1 is 1.17 bits per heavy atom. The van der Waals surface area contributed by atoms with Gasteiger partial charge in [-0.15, -0.1) is 0 Å². The third-order valence-corrected chi connectivity index (χ3v) is 4.34. The van der Waals surface area contributed by atoms with Crippen LogP contribution in [0.15, 0.2) is 18.2 Å². The van der Waals surface area contributed by atoms with Crippen molar-refractivity contribution >= 4 is 12.0 Å². The zero-order chi connectivity index (χ0) is 17.5. The second-order valence-corrected chi connectivity index (χ2v) is 5.87. The summed E-state index contributed by atoms with van der Waals surface area (Å²) >= 11 is 0. The number of rotatable bonds is 6. The van der Waals surface area contributed by atoms with Gasteiger partial charge in [-0.3, -0.25) is 4.79 Å². The van der Waals surface area contributed by atoms with E-state index in [9.17, 15) is 9.59 Å². The van der Waals surface area contributed by atoms with Gasteiger partial charge in [0.1, 0.15) is 0 Å². The number of carboxylic acids is 1. The number of hydrogen-bond acceptors (Lipinski definition) is 4. The van der Waals surface area contributed by atoms with Crippen molar-refractivity contribution < 1.29 is 24.2 Å². The van der Waals surface area contributed by atoms with Crippen molar-refractivity contribution in [3.63, 3.8) is 0 Å². The van der Waals surface area contributed by atoms with E-state index in [0.29, 0.717) is 43.7 Å². The predicted molar refractivity (Wildman–Crippen MR) is 88.3 cm³/mol. The molecule has 0 bridgehead atoms. The Morgan fingerprint density at radius 2 is 1.88 bits per heavy atom. The van der Waals surface area contributed by atoms with Crippen molar-refractivity contribution in [3.8, 4) is 11.5 Å². The third-order valence-electron chi connectivity index (χ3n) is 4.34. The molecule has 2 rings (SSSR count). The molecule has 7 nitrogen and oxygen atoms in total. The Balaban J connectivity index is 1.83. The van der Waals surface area contributed by atoms with Crippen molar-refractivity contribution in [2.75, 3.05) is 14.2 Å². The van der Waals surface area contributed by atoms with Crippen molar-refractivity contribution in [3.05, 3.63) is 23.8 Å². The van der Waals surface area contributed by atoms with Gasteiger partial charge in [0.15, 0.2) is 11.5 Å². The van der Waals surface area contributed by atoms with E-state index >= 15 is 0 Å². The molecule has 1 aliphatic carbocycles. The Morgan fingerprint density at radius 3 is 2.46 bits per heavy atom. The molecule has 2 amide bonds. The summed E-state index contributed by atoms with van der Waals surface area (Å²) < 4.78 is 10.6. The fraction of sp³-hybridized carbons (Fsp3) is 0.529. The van der Waals surface area contributed by atoms with E-state index in [1.54, 1.807) is 20.3 Å². The van der Waals surface area contributed by atoms with Crippen LogP contribution in [0.25, 0.3) is 0 Å². The van der Waals surface area contributed by atoms with Gasteiger partial charge in [-0.25, -0.2) is 4.79 Å². The zero-order valence-electron chi connectivity index (χ0n) is 14.0. The predicted octanol–water partition coefficient (Wildman–Crippen LogP) is 2.15. The van der Waals surface area contributed by atoms with Gasteiger partial charge in [0.05, 0.1) is 20.1 Å². The minimum absolute atomic E-state index is 0.0211. The van der Waals surface area contributed by atoms with E-state index in [1.807, 2.05) is 12.1 Å². The molecule has 7 heteroatoms. The fourth-order valence-electron chi connectivity index (χ4n) is 2.99. The van der Waals surface area contributed by atoms with Crippen molar-refractivity contribution in [2.45, 2.75) is 38.3 Å². The first-order chi connectivity index (χ1) is 11.5. The number of para-hydroxylation sites is 1. The first-order valence-corrected chi connectivity index (χ1v) is 8.02. The lowest BCUT2D eigenvalue weighted by Crippen LogP contribution is -2.43. The number of carbonyl (C=O) groups excluding carboxylic acids is 1. The molecule has 0 saturated heterocycles. The number of ether oxygens (including phenoxy) is 2. The maximum absolute atomic E-state index is 12.0. The van der Waals surface area contributed by atoms with Crippen LogP contribution in [0.1, 0.15) is 31.2 Å². The van der Waals surface area contributed by atoms with E-state index in [1.165, 1.54) is 0 Å².